The van der Waals surface area contributed by atoms with Crippen LogP contribution in [0.25, 0.3) is 11.4 Å². The molecule has 0 unspecified atom stereocenters. The summed E-state index contributed by atoms with van der Waals surface area (Å²) in [5.74, 6) is 1.04. The first-order valence-electron chi connectivity index (χ1n) is 7.68. The SMILES string of the molecule is COC(=O)N1CCC[C@@H](COc2ccc(-c3ccn[nH]3)nc2)C1. The third-order valence-corrected chi connectivity index (χ3v) is 3.95. The minimum atomic E-state index is -0.264. The van der Waals surface area contributed by atoms with Crippen molar-refractivity contribution >= 4 is 6.09 Å². The minimum Gasteiger partial charge on any atom is -0.492 e. The number of carbonyl (C=O) groups is 1. The van der Waals surface area contributed by atoms with Gasteiger partial charge in [-0.25, -0.2) is 4.79 Å². The average molecular weight is 316 g/mol. The van der Waals surface area contributed by atoms with E-state index in [4.69, 9.17) is 9.47 Å². The van der Waals surface area contributed by atoms with Crippen molar-refractivity contribution in [3.63, 3.8) is 0 Å². The second-order valence-electron chi connectivity index (χ2n) is 5.58. The van der Waals surface area contributed by atoms with Gasteiger partial charge in [-0.05, 0) is 31.0 Å². The summed E-state index contributed by atoms with van der Waals surface area (Å²) in [6, 6.07) is 5.65. The lowest BCUT2D eigenvalue weighted by molar-refractivity contribution is 0.0903. The molecule has 1 saturated heterocycles. The first-order valence-corrected chi connectivity index (χ1v) is 7.68. The van der Waals surface area contributed by atoms with Crippen LogP contribution >= 0.6 is 0 Å². The summed E-state index contributed by atoms with van der Waals surface area (Å²) >= 11 is 0. The summed E-state index contributed by atoms with van der Waals surface area (Å²) in [5.41, 5.74) is 1.70. The number of methoxy groups -OCH3 is 1. The van der Waals surface area contributed by atoms with E-state index in [1.54, 1.807) is 17.3 Å². The van der Waals surface area contributed by atoms with Crippen LogP contribution in [0.2, 0.25) is 0 Å². The molecule has 1 aliphatic rings. The lowest BCUT2D eigenvalue weighted by Gasteiger charge is -2.31. The van der Waals surface area contributed by atoms with E-state index in [2.05, 4.69) is 15.2 Å². The van der Waals surface area contributed by atoms with E-state index in [9.17, 15) is 4.79 Å². The highest BCUT2D eigenvalue weighted by Crippen LogP contribution is 2.20. The summed E-state index contributed by atoms with van der Waals surface area (Å²) in [4.78, 5) is 17.7. The van der Waals surface area contributed by atoms with Gasteiger partial charge in [-0.15, -0.1) is 0 Å². The van der Waals surface area contributed by atoms with Gasteiger partial charge in [0.25, 0.3) is 0 Å². The number of piperidine rings is 1. The van der Waals surface area contributed by atoms with Crippen molar-refractivity contribution in [3.05, 3.63) is 30.6 Å². The Morgan fingerprint density at radius 3 is 3.04 bits per heavy atom. The molecule has 1 amide bonds. The van der Waals surface area contributed by atoms with Crippen molar-refractivity contribution < 1.29 is 14.3 Å². The predicted molar refractivity (Wildman–Crippen MR) is 84.0 cm³/mol. The number of aromatic nitrogens is 3. The molecule has 1 aliphatic heterocycles. The molecule has 2 aromatic rings. The van der Waals surface area contributed by atoms with Crippen molar-refractivity contribution in [1.29, 1.82) is 0 Å². The summed E-state index contributed by atoms with van der Waals surface area (Å²) in [7, 11) is 1.41. The third-order valence-electron chi connectivity index (χ3n) is 3.95. The van der Waals surface area contributed by atoms with Crippen LogP contribution in [-0.4, -0.2) is 53.0 Å². The highest BCUT2D eigenvalue weighted by Gasteiger charge is 2.24. The van der Waals surface area contributed by atoms with Gasteiger partial charge in [0.2, 0.25) is 0 Å². The number of likely N-dealkylation sites (tertiary alicyclic amines) is 1. The molecule has 1 N–H and O–H groups in total. The molecule has 0 aliphatic carbocycles. The topological polar surface area (TPSA) is 80.3 Å². The number of nitrogens with one attached hydrogen (secondary N) is 1. The molecular weight excluding hydrogens is 296 g/mol. The van der Waals surface area contributed by atoms with Gasteiger partial charge < -0.3 is 14.4 Å². The second-order valence-corrected chi connectivity index (χ2v) is 5.58. The molecule has 2 aromatic heterocycles. The van der Waals surface area contributed by atoms with E-state index < -0.39 is 0 Å². The number of amides is 1. The Bertz CT molecular complexity index is 627. The summed E-state index contributed by atoms with van der Waals surface area (Å²) in [6.45, 7) is 1.99. The van der Waals surface area contributed by atoms with Crippen molar-refractivity contribution in [2.24, 2.45) is 5.92 Å². The molecule has 3 heterocycles. The number of pyridine rings is 1. The second kappa shape index (κ2) is 7.13. The van der Waals surface area contributed by atoms with Gasteiger partial charge in [0.05, 0.1) is 31.3 Å². The zero-order chi connectivity index (χ0) is 16.1. The molecule has 0 saturated carbocycles. The molecule has 0 spiro atoms. The van der Waals surface area contributed by atoms with Gasteiger partial charge in [0.1, 0.15) is 5.75 Å². The van der Waals surface area contributed by atoms with Crippen molar-refractivity contribution in [3.8, 4) is 17.1 Å². The van der Waals surface area contributed by atoms with E-state index in [-0.39, 0.29) is 6.09 Å². The van der Waals surface area contributed by atoms with Crippen LogP contribution < -0.4 is 4.74 Å². The van der Waals surface area contributed by atoms with Gasteiger partial charge >= 0.3 is 6.09 Å². The first kappa shape index (κ1) is 15.3. The van der Waals surface area contributed by atoms with Crippen LogP contribution in [0, 0.1) is 5.92 Å². The van der Waals surface area contributed by atoms with Gasteiger partial charge in [0, 0.05) is 25.2 Å². The summed E-state index contributed by atoms with van der Waals surface area (Å²) in [6.07, 6.45) is 5.15. The molecule has 1 atom stereocenters. The fourth-order valence-corrected chi connectivity index (χ4v) is 2.73. The Labute approximate surface area is 134 Å². The van der Waals surface area contributed by atoms with Crippen LogP contribution in [0.5, 0.6) is 5.75 Å². The van der Waals surface area contributed by atoms with Crippen LogP contribution in [-0.2, 0) is 4.74 Å². The van der Waals surface area contributed by atoms with Gasteiger partial charge in [0.15, 0.2) is 0 Å². The van der Waals surface area contributed by atoms with Crippen LogP contribution in [0.1, 0.15) is 12.8 Å². The molecule has 0 radical (unpaired) electrons. The largest absolute Gasteiger partial charge is 0.492 e. The molecule has 7 nitrogen and oxygen atoms in total. The lowest BCUT2D eigenvalue weighted by atomic mass is 9.99. The van der Waals surface area contributed by atoms with Crippen molar-refractivity contribution in [2.45, 2.75) is 12.8 Å². The summed E-state index contributed by atoms with van der Waals surface area (Å²) in [5, 5.41) is 6.78. The Morgan fingerprint density at radius 1 is 1.43 bits per heavy atom. The molecular formula is C16H20N4O3. The molecule has 1 fully saturated rings. The fourth-order valence-electron chi connectivity index (χ4n) is 2.73. The van der Waals surface area contributed by atoms with E-state index in [1.165, 1.54) is 7.11 Å². The number of hydrogen-bond donors (Lipinski definition) is 1. The summed E-state index contributed by atoms with van der Waals surface area (Å²) < 4.78 is 10.6. The van der Waals surface area contributed by atoms with E-state index >= 15 is 0 Å². The fraction of sp³-hybridized carbons (Fsp3) is 0.438. The van der Waals surface area contributed by atoms with Crippen molar-refractivity contribution in [1.82, 2.24) is 20.1 Å². The number of hydrogen-bond acceptors (Lipinski definition) is 5. The maximum atomic E-state index is 11.6. The average Bonchev–Trinajstić information content (AvgIpc) is 3.14. The number of ether oxygens (including phenoxy) is 2. The molecule has 7 heteroatoms. The number of nitrogens with zero attached hydrogens (tertiary/aromatic N) is 3. The predicted octanol–water partition coefficient (Wildman–Crippen LogP) is 2.33. The monoisotopic (exact) mass is 316 g/mol. The van der Waals surface area contributed by atoms with Gasteiger partial charge in [-0.2, -0.15) is 5.10 Å². The molecule has 0 bridgehead atoms. The third kappa shape index (κ3) is 3.80. The van der Waals surface area contributed by atoms with Crippen LogP contribution in [0.15, 0.2) is 30.6 Å². The maximum absolute atomic E-state index is 11.6. The Morgan fingerprint density at radius 2 is 2.35 bits per heavy atom. The Balaban J connectivity index is 1.53. The molecule has 0 aromatic carbocycles. The number of rotatable bonds is 4. The van der Waals surface area contributed by atoms with Crippen molar-refractivity contribution in [2.75, 3.05) is 26.8 Å². The lowest BCUT2D eigenvalue weighted by Crippen LogP contribution is -2.41. The highest BCUT2D eigenvalue weighted by atomic mass is 16.5. The number of carbonyl (C=O) groups excluding carboxylic acids is 1. The first-order chi connectivity index (χ1) is 11.3. The minimum absolute atomic E-state index is 0.264. The maximum Gasteiger partial charge on any atom is 0.409 e. The zero-order valence-corrected chi connectivity index (χ0v) is 13.1. The van der Waals surface area contributed by atoms with Crippen LogP contribution in [0.4, 0.5) is 4.79 Å². The molecule has 23 heavy (non-hydrogen) atoms. The highest BCUT2D eigenvalue weighted by molar-refractivity contribution is 5.67. The van der Waals surface area contributed by atoms with E-state index in [0.717, 1.165) is 36.5 Å². The number of aromatic amines is 1. The zero-order valence-electron chi connectivity index (χ0n) is 13.1. The van der Waals surface area contributed by atoms with E-state index in [1.807, 2.05) is 18.2 Å². The van der Waals surface area contributed by atoms with Gasteiger partial charge in [-0.3, -0.25) is 10.1 Å². The number of H-pyrrole nitrogens is 1. The van der Waals surface area contributed by atoms with Gasteiger partial charge in [-0.1, -0.05) is 0 Å². The molecule has 122 valence electrons. The standard InChI is InChI=1S/C16H20N4O3/c1-22-16(21)20-8-2-3-12(10-20)11-23-13-4-5-14(17-9-13)15-6-7-18-19-15/h4-7,9,12H,2-3,8,10-11H2,1H3,(H,18,19)/t12-/m1/s1. The Hall–Kier alpha value is -2.57. The molecule has 3 rings (SSSR count). The van der Waals surface area contributed by atoms with Crippen LogP contribution in [0.3, 0.4) is 0 Å². The quantitative estimate of drug-likeness (QED) is 0.936. The van der Waals surface area contributed by atoms with E-state index in [0.29, 0.717) is 19.1 Å². The normalized spacial score (nSPS) is 17.8. The Kier molecular flexibility index (Phi) is 4.75. The smallest absolute Gasteiger partial charge is 0.409 e.